The number of carbonyl (C=O) groups excluding carboxylic acids is 3. The van der Waals surface area contributed by atoms with Gasteiger partial charge in [-0.15, -0.1) is 0 Å². The molecule has 3 aliphatic rings. The smallest absolute Gasteiger partial charge is 0.243 e. The molecule has 0 bridgehead atoms. The summed E-state index contributed by atoms with van der Waals surface area (Å²) in [6, 6.07) is 2.41. The highest BCUT2D eigenvalue weighted by Crippen LogP contribution is 2.45. The molecular weight excluding hydrogens is 534 g/mol. The van der Waals surface area contributed by atoms with E-state index in [1.807, 2.05) is 12.1 Å². The fourth-order valence-electron chi connectivity index (χ4n) is 7.44. The zero-order valence-electron chi connectivity index (χ0n) is 25.8. The molecule has 3 amide bonds. The fourth-order valence-corrected chi connectivity index (χ4v) is 7.44. The molecule has 0 spiro atoms. The maximum Gasteiger partial charge on any atom is 0.243 e. The van der Waals surface area contributed by atoms with Crippen molar-refractivity contribution in [3.8, 4) is 17.2 Å². The first kappa shape index (κ1) is 32.0. The molecule has 2 saturated carbocycles. The molecule has 0 aromatic heterocycles. The van der Waals surface area contributed by atoms with Gasteiger partial charge in [-0.3, -0.25) is 14.4 Å². The summed E-state index contributed by atoms with van der Waals surface area (Å²) in [6.45, 7) is 0.508. The number of nitrogens with zero attached hydrogens (tertiary/aromatic N) is 1. The summed E-state index contributed by atoms with van der Waals surface area (Å²) in [7, 11) is 4.72. The van der Waals surface area contributed by atoms with Gasteiger partial charge in [-0.2, -0.15) is 0 Å². The molecule has 1 saturated heterocycles. The van der Waals surface area contributed by atoms with Crippen LogP contribution in [-0.4, -0.2) is 62.6 Å². The number of ether oxygens (including phenoxy) is 3. The maximum absolute atomic E-state index is 14.6. The normalized spacial score (nSPS) is 21.7. The van der Waals surface area contributed by atoms with E-state index in [2.05, 4.69) is 5.32 Å². The largest absolute Gasteiger partial charge is 0.493 e. The molecule has 1 heterocycles. The Labute approximate surface area is 251 Å². The van der Waals surface area contributed by atoms with Crippen LogP contribution >= 0.6 is 0 Å². The Morgan fingerprint density at radius 3 is 2.02 bits per heavy atom. The van der Waals surface area contributed by atoms with E-state index in [0.29, 0.717) is 42.6 Å². The van der Waals surface area contributed by atoms with Gasteiger partial charge >= 0.3 is 0 Å². The molecule has 4 rings (SSSR count). The van der Waals surface area contributed by atoms with Crippen LogP contribution in [0.3, 0.4) is 0 Å². The molecule has 0 radical (unpaired) electrons. The number of carbonyl (C=O) groups is 3. The number of hydrogen-bond donors (Lipinski definition) is 2. The van der Waals surface area contributed by atoms with Gasteiger partial charge in [0.05, 0.1) is 27.2 Å². The van der Waals surface area contributed by atoms with E-state index >= 15 is 0 Å². The van der Waals surface area contributed by atoms with Gasteiger partial charge in [-0.05, 0) is 74.5 Å². The van der Waals surface area contributed by atoms with Gasteiger partial charge in [0.1, 0.15) is 12.1 Å². The second kappa shape index (κ2) is 15.5. The minimum absolute atomic E-state index is 0.0474. The third kappa shape index (κ3) is 7.70. The highest BCUT2D eigenvalue weighted by molar-refractivity contribution is 5.93. The first-order valence-electron chi connectivity index (χ1n) is 16.1. The van der Waals surface area contributed by atoms with E-state index in [0.717, 1.165) is 56.9 Å². The molecule has 2 aliphatic carbocycles. The van der Waals surface area contributed by atoms with Gasteiger partial charge in [0, 0.05) is 6.54 Å². The number of amides is 3. The zero-order chi connectivity index (χ0) is 30.1. The van der Waals surface area contributed by atoms with Crippen LogP contribution in [0.2, 0.25) is 0 Å². The Balaban J connectivity index is 1.57. The Hall–Kier alpha value is -2.97. The predicted molar refractivity (Wildman–Crippen MR) is 162 cm³/mol. The highest BCUT2D eigenvalue weighted by Gasteiger charge is 2.41. The Morgan fingerprint density at radius 2 is 1.45 bits per heavy atom. The Morgan fingerprint density at radius 1 is 0.857 bits per heavy atom. The van der Waals surface area contributed by atoms with E-state index < -0.39 is 23.9 Å². The summed E-state index contributed by atoms with van der Waals surface area (Å²) >= 11 is 0. The lowest BCUT2D eigenvalue weighted by Crippen LogP contribution is -2.57. The molecule has 3 fully saturated rings. The van der Waals surface area contributed by atoms with Gasteiger partial charge in [0.25, 0.3) is 0 Å². The third-order valence-electron chi connectivity index (χ3n) is 9.77. The molecule has 234 valence electrons. The summed E-state index contributed by atoms with van der Waals surface area (Å²) in [6.07, 6.45) is 15.0. The Kier molecular flexibility index (Phi) is 11.8. The summed E-state index contributed by atoms with van der Waals surface area (Å²) in [5.41, 5.74) is 6.57. The van der Waals surface area contributed by atoms with Gasteiger partial charge in [-0.1, -0.05) is 51.4 Å². The molecule has 3 atom stereocenters. The van der Waals surface area contributed by atoms with E-state index in [1.165, 1.54) is 32.1 Å². The molecule has 9 heteroatoms. The van der Waals surface area contributed by atoms with Crippen molar-refractivity contribution in [1.82, 2.24) is 10.2 Å². The average molecular weight is 586 g/mol. The lowest BCUT2D eigenvalue weighted by molar-refractivity contribution is -0.145. The van der Waals surface area contributed by atoms with Crippen molar-refractivity contribution >= 4 is 17.7 Å². The maximum atomic E-state index is 14.6. The number of nitrogens with one attached hydrogen (secondary N) is 1. The molecule has 42 heavy (non-hydrogen) atoms. The Bertz CT molecular complexity index is 1040. The summed E-state index contributed by atoms with van der Waals surface area (Å²) in [5.74, 6) is 0.965. The second-order valence-corrected chi connectivity index (χ2v) is 12.4. The molecule has 1 aromatic carbocycles. The van der Waals surface area contributed by atoms with Crippen LogP contribution in [0, 0.1) is 11.8 Å². The van der Waals surface area contributed by atoms with E-state index in [-0.39, 0.29) is 17.7 Å². The minimum Gasteiger partial charge on any atom is -0.493 e. The zero-order valence-corrected chi connectivity index (χ0v) is 25.8. The van der Waals surface area contributed by atoms with Gasteiger partial charge < -0.3 is 30.2 Å². The highest BCUT2D eigenvalue weighted by atomic mass is 16.5. The molecule has 1 aliphatic heterocycles. The van der Waals surface area contributed by atoms with Gasteiger partial charge in [-0.25, -0.2) is 0 Å². The number of methoxy groups -OCH3 is 3. The summed E-state index contributed by atoms with van der Waals surface area (Å²) < 4.78 is 16.8. The van der Waals surface area contributed by atoms with Crippen molar-refractivity contribution in [1.29, 1.82) is 0 Å². The third-order valence-corrected chi connectivity index (χ3v) is 9.77. The van der Waals surface area contributed by atoms with Crippen LogP contribution in [0.25, 0.3) is 0 Å². The number of benzene rings is 1. The number of rotatable bonds is 12. The topological polar surface area (TPSA) is 120 Å². The van der Waals surface area contributed by atoms with E-state index in [9.17, 15) is 14.4 Å². The first-order chi connectivity index (χ1) is 20.4. The van der Waals surface area contributed by atoms with Crippen LogP contribution < -0.4 is 25.3 Å². The standard InChI is InChI=1S/C33H51N3O6/c1-40-27-20-24(21-28(41-2)30(27)42-3)29(23-14-8-5-9-15-23)33(39)36-19-11-10-16-26(36)32(38)35-25(31(34)37)18-17-22-12-6-4-7-13-22/h20-23,25-26,29H,4-19H2,1-3H3,(H2,34,37)(H,35,38)/t25-,26-,29-/m0/s1. The summed E-state index contributed by atoms with van der Waals surface area (Å²) in [4.78, 5) is 42.4. The van der Waals surface area contributed by atoms with Crippen LogP contribution in [0.15, 0.2) is 12.1 Å². The monoisotopic (exact) mass is 585 g/mol. The quantitative estimate of drug-likeness (QED) is 0.353. The number of piperidine rings is 1. The number of primary amides is 1. The van der Waals surface area contributed by atoms with E-state index in [1.54, 1.807) is 26.2 Å². The number of likely N-dealkylation sites (tertiary alicyclic amines) is 1. The van der Waals surface area contributed by atoms with Crippen molar-refractivity contribution in [2.45, 2.75) is 114 Å². The predicted octanol–water partition coefficient (Wildman–Crippen LogP) is 5.09. The van der Waals surface area contributed by atoms with Crippen molar-refractivity contribution in [2.24, 2.45) is 17.6 Å². The molecule has 0 unspecified atom stereocenters. The van der Waals surface area contributed by atoms with Crippen molar-refractivity contribution in [2.75, 3.05) is 27.9 Å². The van der Waals surface area contributed by atoms with E-state index in [4.69, 9.17) is 19.9 Å². The average Bonchev–Trinajstić information content (AvgIpc) is 3.03. The molecule has 1 aromatic rings. The van der Waals surface area contributed by atoms with Crippen molar-refractivity contribution in [3.05, 3.63) is 17.7 Å². The number of nitrogens with two attached hydrogens (primary N) is 1. The number of hydrogen-bond acceptors (Lipinski definition) is 6. The van der Waals surface area contributed by atoms with Crippen LogP contribution in [0.1, 0.15) is 108 Å². The second-order valence-electron chi connectivity index (χ2n) is 12.4. The van der Waals surface area contributed by atoms with Gasteiger partial charge in [0.15, 0.2) is 11.5 Å². The lowest BCUT2D eigenvalue weighted by atomic mass is 9.75. The molecule has 9 nitrogen and oxygen atoms in total. The minimum atomic E-state index is -0.720. The van der Waals surface area contributed by atoms with Crippen molar-refractivity contribution < 1.29 is 28.6 Å². The molecular formula is C33H51N3O6. The molecule has 3 N–H and O–H groups in total. The van der Waals surface area contributed by atoms with Crippen LogP contribution in [-0.2, 0) is 14.4 Å². The SMILES string of the molecule is COc1cc([C@@H](C(=O)N2CCCC[C@H]2C(=O)N[C@@H](CCC2CCCCC2)C(N)=O)C2CCCCC2)cc(OC)c1OC. The van der Waals surface area contributed by atoms with Crippen molar-refractivity contribution in [3.63, 3.8) is 0 Å². The van der Waals surface area contributed by atoms with Crippen LogP contribution in [0.4, 0.5) is 0 Å². The fraction of sp³-hybridized carbons (Fsp3) is 0.727. The van der Waals surface area contributed by atoms with Gasteiger partial charge in [0.2, 0.25) is 23.5 Å². The lowest BCUT2D eigenvalue weighted by Gasteiger charge is -2.40. The van der Waals surface area contributed by atoms with Crippen LogP contribution in [0.5, 0.6) is 17.2 Å². The first-order valence-corrected chi connectivity index (χ1v) is 16.1. The summed E-state index contributed by atoms with van der Waals surface area (Å²) in [5, 5.41) is 2.96.